The fourth-order valence-electron chi connectivity index (χ4n) is 3.02. The van der Waals surface area contributed by atoms with E-state index in [-0.39, 0.29) is 15.9 Å². The van der Waals surface area contributed by atoms with Crippen LogP contribution in [0.15, 0.2) is 68.9 Å². The first-order valence-corrected chi connectivity index (χ1v) is 9.87. The first-order valence-electron chi connectivity index (χ1n) is 9.05. The smallest absolute Gasteiger partial charge is 0.294 e. The quantitative estimate of drug-likeness (QED) is 0.646. The maximum atomic E-state index is 12.7. The van der Waals surface area contributed by atoms with Crippen molar-refractivity contribution in [3.05, 3.63) is 81.0 Å². The van der Waals surface area contributed by atoms with Gasteiger partial charge in [0.05, 0.1) is 15.9 Å². The third kappa shape index (κ3) is 3.77. The fraction of sp³-hybridized carbons (Fsp3) is 0.0909. The summed E-state index contributed by atoms with van der Waals surface area (Å²) < 4.78 is 5.44. The van der Waals surface area contributed by atoms with E-state index in [2.05, 4.69) is 5.32 Å². The molecule has 4 rings (SSSR count). The van der Waals surface area contributed by atoms with E-state index in [9.17, 15) is 19.2 Å². The third-order valence-corrected chi connectivity index (χ3v) is 5.50. The van der Waals surface area contributed by atoms with Crippen LogP contribution in [0.4, 0.5) is 10.5 Å². The Labute approximate surface area is 175 Å². The van der Waals surface area contributed by atoms with Crippen LogP contribution in [0.2, 0.25) is 0 Å². The normalized spacial score (nSPS) is 15.2. The standard InChI is InChI=1S/C22H16N2O5S/c1-13-6-2-4-8-16(13)23-19(25)11-24-21(27)18(30-22(24)28)10-14-12-29-17-9-5-3-7-15(17)20(14)26/h2-10,12H,11H2,1H3,(H,23,25)/b18-10-. The van der Waals surface area contributed by atoms with Crippen molar-refractivity contribution >= 4 is 51.5 Å². The molecule has 2 aromatic carbocycles. The van der Waals surface area contributed by atoms with Gasteiger partial charge in [0.2, 0.25) is 5.91 Å². The van der Waals surface area contributed by atoms with Gasteiger partial charge in [-0.15, -0.1) is 0 Å². The van der Waals surface area contributed by atoms with E-state index in [0.717, 1.165) is 10.5 Å². The summed E-state index contributed by atoms with van der Waals surface area (Å²) in [6.07, 6.45) is 2.58. The number of imide groups is 1. The lowest BCUT2D eigenvalue weighted by Crippen LogP contribution is -2.36. The van der Waals surface area contributed by atoms with Gasteiger partial charge in [-0.05, 0) is 48.5 Å². The molecule has 2 heterocycles. The molecule has 0 saturated carbocycles. The van der Waals surface area contributed by atoms with Crippen molar-refractivity contribution in [2.24, 2.45) is 0 Å². The first-order chi connectivity index (χ1) is 14.4. The number of carbonyl (C=O) groups is 3. The molecule has 1 aliphatic heterocycles. The van der Waals surface area contributed by atoms with Crippen molar-refractivity contribution in [3.63, 3.8) is 0 Å². The number of benzene rings is 2. The van der Waals surface area contributed by atoms with Crippen molar-refractivity contribution in [1.29, 1.82) is 0 Å². The van der Waals surface area contributed by atoms with Gasteiger partial charge in [-0.1, -0.05) is 30.3 Å². The van der Waals surface area contributed by atoms with Crippen LogP contribution in [0.3, 0.4) is 0 Å². The highest BCUT2D eigenvalue weighted by molar-refractivity contribution is 8.18. The number of aryl methyl sites for hydroxylation is 1. The molecule has 0 aliphatic carbocycles. The van der Waals surface area contributed by atoms with Crippen LogP contribution in [0.5, 0.6) is 0 Å². The molecule has 3 aromatic rings. The van der Waals surface area contributed by atoms with Gasteiger partial charge < -0.3 is 9.73 Å². The number of anilines is 1. The Kier molecular flexibility index (Phi) is 5.24. The second-order valence-electron chi connectivity index (χ2n) is 6.65. The van der Waals surface area contributed by atoms with Crippen LogP contribution in [0.1, 0.15) is 11.1 Å². The van der Waals surface area contributed by atoms with Gasteiger partial charge in [0, 0.05) is 5.69 Å². The molecule has 1 N–H and O–H groups in total. The summed E-state index contributed by atoms with van der Waals surface area (Å²) in [6.45, 7) is 1.43. The number of para-hydroxylation sites is 2. The van der Waals surface area contributed by atoms with Crippen molar-refractivity contribution in [2.75, 3.05) is 11.9 Å². The lowest BCUT2D eigenvalue weighted by atomic mass is 10.1. The van der Waals surface area contributed by atoms with Gasteiger partial charge in [0.25, 0.3) is 11.1 Å². The van der Waals surface area contributed by atoms with Crippen molar-refractivity contribution in [3.8, 4) is 0 Å². The second kappa shape index (κ2) is 8.00. The van der Waals surface area contributed by atoms with E-state index >= 15 is 0 Å². The number of hydrogen-bond acceptors (Lipinski definition) is 6. The highest BCUT2D eigenvalue weighted by atomic mass is 32.2. The maximum Gasteiger partial charge on any atom is 0.294 e. The van der Waals surface area contributed by atoms with Gasteiger partial charge >= 0.3 is 0 Å². The monoisotopic (exact) mass is 420 g/mol. The zero-order valence-corrected chi connectivity index (χ0v) is 16.7. The highest BCUT2D eigenvalue weighted by Gasteiger charge is 2.36. The highest BCUT2D eigenvalue weighted by Crippen LogP contribution is 2.32. The van der Waals surface area contributed by atoms with E-state index in [1.165, 1.54) is 12.3 Å². The summed E-state index contributed by atoms with van der Waals surface area (Å²) in [5, 5.41) is 2.50. The third-order valence-electron chi connectivity index (χ3n) is 4.59. The van der Waals surface area contributed by atoms with Crippen LogP contribution < -0.4 is 10.7 Å². The molecule has 8 heteroatoms. The Balaban J connectivity index is 1.54. The Morgan fingerprint density at radius 3 is 2.63 bits per heavy atom. The predicted octanol–water partition coefficient (Wildman–Crippen LogP) is 3.78. The number of rotatable bonds is 4. The Bertz CT molecular complexity index is 1280. The molecule has 0 bridgehead atoms. The van der Waals surface area contributed by atoms with E-state index in [1.54, 1.807) is 36.4 Å². The van der Waals surface area contributed by atoms with E-state index in [1.807, 2.05) is 19.1 Å². The first kappa shape index (κ1) is 19.7. The number of nitrogens with zero attached hydrogens (tertiary/aromatic N) is 1. The molecule has 0 unspecified atom stereocenters. The Morgan fingerprint density at radius 2 is 1.83 bits per heavy atom. The minimum Gasteiger partial charge on any atom is -0.463 e. The average Bonchev–Trinajstić information content (AvgIpc) is 2.99. The number of amides is 3. The molecule has 0 atom stereocenters. The van der Waals surface area contributed by atoms with E-state index in [4.69, 9.17) is 4.42 Å². The minimum atomic E-state index is -0.627. The molecule has 1 aliphatic rings. The van der Waals surface area contributed by atoms with Gasteiger partial charge in [-0.25, -0.2) is 0 Å². The van der Waals surface area contributed by atoms with E-state index in [0.29, 0.717) is 28.4 Å². The zero-order chi connectivity index (χ0) is 21.3. The van der Waals surface area contributed by atoms with Crippen LogP contribution in [-0.4, -0.2) is 28.5 Å². The van der Waals surface area contributed by atoms with Crippen LogP contribution >= 0.6 is 11.8 Å². The topological polar surface area (TPSA) is 96.7 Å². The SMILES string of the molecule is Cc1ccccc1NC(=O)CN1C(=O)S/C(=C\c2coc3ccccc3c2=O)C1=O. The molecule has 150 valence electrons. The summed E-state index contributed by atoms with van der Waals surface area (Å²) in [6, 6.07) is 14.0. The molecule has 0 radical (unpaired) electrons. The molecule has 1 aromatic heterocycles. The van der Waals surface area contributed by atoms with Gasteiger partial charge in [0.1, 0.15) is 18.4 Å². The number of hydrogen-bond donors (Lipinski definition) is 1. The molecular formula is C22H16N2O5S. The van der Waals surface area contributed by atoms with E-state index < -0.39 is 23.6 Å². The summed E-state index contributed by atoms with van der Waals surface area (Å²) >= 11 is 0.680. The second-order valence-corrected chi connectivity index (χ2v) is 7.64. The number of thioether (sulfide) groups is 1. The molecule has 1 fully saturated rings. The van der Waals surface area contributed by atoms with Crippen molar-refractivity contribution in [2.45, 2.75) is 6.92 Å². The van der Waals surface area contributed by atoms with Gasteiger partial charge in [-0.3, -0.25) is 24.1 Å². The van der Waals surface area contributed by atoms with Crippen molar-refractivity contribution in [1.82, 2.24) is 4.90 Å². The lowest BCUT2D eigenvalue weighted by Gasteiger charge is -2.13. The summed E-state index contributed by atoms with van der Waals surface area (Å²) in [4.78, 5) is 50.8. The average molecular weight is 420 g/mol. The predicted molar refractivity (Wildman–Crippen MR) is 115 cm³/mol. The zero-order valence-electron chi connectivity index (χ0n) is 15.9. The van der Waals surface area contributed by atoms with Gasteiger partial charge in [0.15, 0.2) is 5.43 Å². The maximum absolute atomic E-state index is 12.7. The number of carbonyl (C=O) groups excluding carboxylic acids is 3. The molecule has 30 heavy (non-hydrogen) atoms. The number of nitrogens with one attached hydrogen (secondary N) is 1. The Morgan fingerprint density at radius 1 is 1.10 bits per heavy atom. The van der Waals surface area contributed by atoms with Crippen LogP contribution in [0.25, 0.3) is 17.0 Å². The minimum absolute atomic E-state index is 0.0614. The van der Waals surface area contributed by atoms with Crippen LogP contribution in [0, 0.1) is 6.92 Å². The van der Waals surface area contributed by atoms with Crippen LogP contribution in [-0.2, 0) is 9.59 Å². The molecule has 3 amide bonds. The molecule has 1 saturated heterocycles. The molecule has 0 spiro atoms. The molecular weight excluding hydrogens is 404 g/mol. The summed E-state index contributed by atoms with van der Waals surface area (Å²) in [5.74, 6) is -1.12. The summed E-state index contributed by atoms with van der Waals surface area (Å²) in [5.41, 5.74) is 1.76. The summed E-state index contributed by atoms with van der Waals surface area (Å²) in [7, 11) is 0. The van der Waals surface area contributed by atoms with Crippen molar-refractivity contribution < 1.29 is 18.8 Å². The fourth-order valence-corrected chi connectivity index (χ4v) is 3.85. The number of fused-ring (bicyclic) bond motifs is 1. The Hall–Kier alpha value is -3.65. The lowest BCUT2D eigenvalue weighted by molar-refractivity contribution is -0.127. The van der Waals surface area contributed by atoms with Gasteiger partial charge in [-0.2, -0.15) is 0 Å². The molecule has 7 nitrogen and oxygen atoms in total. The largest absolute Gasteiger partial charge is 0.463 e.